The Morgan fingerprint density at radius 1 is 0.593 bits per heavy atom. The number of nitrogens with zero attached hydrogens (tertiary/aromatic N) is 8. The molecular weight excluding hydrogens is 1080 g/mol. The summed E-state index contributed by atoms with van der Waals surface area (Å²) in [7, 11) is 5.41. The second kappa shape index (κ2) is 27.3. The van der Waals surface area contributed by atoms with Gasteiger partial charge in [-0.25, -0.2) is 19.6 Å². The lowest BCUT2D eigenvalue weighted by Gasteiger charge is -2.40. The molecule has 81 heavy (non-hydrogen) atoms. The predicted molar refractivity (Wildman–Crippen MR) is 303 cm³/mol. The average Bonchev–Trinajstić information content (AvgIpc) is 3.69. The molecular formula is C55H72N12O12S2. The molecule has 2 aliphatic heterocycles. The van der Waals surface area contributed by atoms with E-state index in [0.29, 0.717) is 22.1 Å². The number of aromatic nitrogens is 4. The first-order valence-electron chi connectivity index (χ1n) is 26.5. The van der Waals surface area contributed by atoms with Gasteiger partial charge >= 0.3 is 11.9 Å². The van der Waals surface area contributed by atoms with Gasteiger partial charge in [0.2, 0.25) is 35.4 Å². The van der Waals surface area contributed by atoms with E-state index in [1.807, 2.05) is 27.7 Å². The van der Waals surface area contributed by atoms with E-state index in [1.54, 1.807) is 68.6 Å². The zero-order valence-electron chi connectivity index (χ0n) is 47.7. The standard InChI is InChI=1S/C55H72N12O12S2/c1-27(2)29(5)42-53(76)78-24-40(63-46(69)38-23-57-34-19-15-17-21-36(34)61-38)48(71)59-32(8)50(73)67(12)44-52(75)66(11)43(30(6)28(3)4)54(77)79-25-39(62-45(68)37-22-56-33-18-14-16-20-35(33)60-37)47(70)58-31(7)49(72)64(9)41(51(74)65(42)10)26-81-55(44)80-13/h14-23,27-32,39-44,55H,24-26H2,1-13H3,(H,58,70)(H,59,71)(H,62,68)(H,63,69)/t29-,30-,31+,32+,39-,40-,41?,42+,43+,44?,55?/m1/s1. The molecule has 6 rings (SSSR count). The van der Waals surface area contributed by atoms with Crippen LogP contribution in [0.4, 0.5) is 0 Å². The van der Waals surface area contributed by atoms with Crippen molar-refractivity contribution in [3.8, 4) is 0 Å². The largest absolute Gasteiger partial charge is 0.461 e. The van der Waals surface area contributed by atoms with Crippen molar-refractivity contribution < 1.29 is 57.4 Å². The summed E-state index contributed by atoms with van der Waals surface area (Å²) in [6, 6.07) is 1.74. The number of hydrogen-bond acceptors (Lipinski definition) is 18. The van der Waals surface area contributed by atoms with Gasteiger partial charge in [0.05, 0.1) is 39.0 Å². The quantitative estimate of drug-likeness (QED) is 0.174. The molecule has 2 aromatic heterocycles. The fourth-order valence-corrected chi connectivity index (χ4v) is 11.9. The second-order valence-electron chi connectivity index (χ2n) is 21.1. The van der Waals surface area contributed by atoms with Gasteiger partial charge in [-0.2, -0.15) is 0 Å². The lowest BCUT2D eigenvalue weighted by atomic mass is 9.89. The molecule has 3 unspecified atom stereocenters. The summed E-state index contributed by atoms with van der Waals surface area (Å²) in [6.45, 7) is 11.9. The summed E-state index contributed by atoms with van der Waals surface area (Å²) in [5.74, 6) is -10.8. The van der Waals surface area contributed by atoms with Crippen LogP contribution >= 0.6 is 23.5 Å². The topological polar surface area (TPSA) is 302 Å². The molecule has 4 heterocycles. The highest BCUT2D eigenvalue weighted by Gasteiger charge is 2.46. The summed E-state index contributed by atoms with van der Waals surface area (Å²) in [4.78, 5) is 168. The number of rotatable bonds is 9. The van der Waals surface area contributed by atoms with Crippen LogP contribution in [0.1, 0.15) is 76.4 Å². The number of amides is 8. The minimum absolute atomic E-state index is 0.180. The summed E-state index contributed by atoms with van der Waals surface area (Å²) in [5, 5.41) is 10.4. The number of thioether (sulfide) groups is 2. The molecule has 8 amide bonds. The Bertz CT molecular complexity index is 3040. The van der Waals surface area contributed by atoms with Gasteiger partial charge in [-0.15, -0.1) is 23.5 Å². The highest BCUT2D eigenvalue weighted by atomic mass is 32.2. The Hall–Kier alpha value is -7.48. The number of hydrogen-bond donors (Lipinski definition) is 4. The summed E-state index contributed by atoms with van der Waals surface area (Å²) in [5.41, 5.74) is 1.39. The van der Waals surface area contributed by atoms with Crippen LogP contribution < -0.4 is 21.3 Å². The molecule has 436 valence electrons. The molecule has 0 aliphatic carbocycles. The number of para-hydroxylation sites is 4. The van der Waals surface area contributed by atoms with Crippen molar-refractivity contribution in [1.82, 2.24) is 60.8 Å². The van der Waals surface area contributed by atoms with E-state index in [2.05, 4.69) is 41.2 Å². The normalized spacial score (nSPS) is 25.5. The molecule has 2 aromatic carbocycles. The van der Waals surface area contributed by atoms with Gasteiger partial charge in [0.1, 0.15) is 72.9 Å². The Morgan fingerprint density at radius 3 is 1.40 bits per heavy atom. The van der Waals surface area contributed by atoms with Crippen molar-refractivity contribution in [2.45, 2.75) is 108 Å². The number of cyclic esters (lactones) is 2. The van der Waals surface area contributed by atoms with Crippen LogP contribution in [0.3, 0.4) is 0 Å². The minimum atomic E-state index is -1.67. The molecule has 26 heteroatoms. The number of nitrogens with one attached hydrogen (secondary N) is 4. The summed E-state index contributed by atoms with van der Waals surface area (Å²) in [6.07, 6.45) is 4.09. The lowest BCUT2D eigenvalue weighted by Crippen LogP contribution is -2.61. The predicted octanol–water partition coefficient (Wildman–Crippen LogP) is 1.91. The van der Waals surface area contributed by atoms with E-state index < -0.39 is 137 Å². The van der Waals surface area contributed by atoms with Crippen molar-refractivity contribution in [2.24, 2.45) is 23.7 Å². The van der Waals surface area contributed by atoms with Crippen molar-refractivity contribution in [1.29, 1.82) is 0 Å². The van der Waals surface area contributed by atoms with E-state index in [-0.39, 0.29) is 29.0 Å². The van der Waals surface area contributed by atoms with Crippen LogP contribution in [0.25, 0.3) is 22.1 Å². The average molecular weight is 1160 g/mol. The van der Waals surface area contributed by atoms with Gasteiger partial charge in [-0.3, -0.25) is 48.3 Å². The second-order valence-corrected chi connectivity index (χ2v) is 23.5. The molecule has 2 fully saturated rings. The van der Waals surface area contributed by atoms with E-state index >= 15 is 9.59 Å². The Kier molecular flexibility index (Phi) is 21.2. The highest BCUT2D eigenvalue weighted by molar-refractivity contribution is 8.16. The van der Waals surface area contributed by atoms with E-state index in [4.69, 9.17) is 9.47 Å². The molecule has 0 saturated carbocycles. The maximum absolute atomic E-state index is 15.5. The van der Waals surface area contributed by atoms with Crippen LogP contribution in [-0.2, 0) is 47.8 Å². The Labute approximate surface area is 478 Å². The molecule has 2 bridgehead atoms. The SMILES string of the molecule is CSC1SCC2C(=O)N(C)[C@@H]([C@H](C)C(C)C)C(=O)OC[C@@H](NC(=O)c3cnc4ccccc4n3)C(=O)N[C@@H](C)C(=O)N(C)C1C(=O)N(C)[C@@H]([C@H](C)C(C)C)C(=O)OC[C@@H](NC(=O)c1cnc3ccccc3n1)C(=O)N[C@@H](C)C(=O)N2C. The minimum Gasteiger partial charge on any atom is -0.461 e. The maximum Gasteiger partial charge on any atom is 0.329 e. The first-order chi connectivity index (χ1) is 38.3. The van der Waals surface area contributed by atoms with Crippen LogP contribution in [0, 0.1) is 23.7 Å². The first-order valence-corrected chi connectivity index (χ1v) is 28.8. The Balaban J connectivity index is 1.47. The molecule has 0 spiro atoms. The third kappa shape index (κ3) is 14.5. The van der Waals surface area contributed by atoms with Gasteiger partial charge < -0.3 is 50.3 Å². The van der Waals surface area contributed by atoms with Crippen molar-refractivity contribution >= 4 is 105 Å². The lowest BCUT2D eigenvalue weighted by molar-refractivity contribution is -0.161. The van der Waals surface area contributed by atoms with Crippen LogP contribution in [0.15, 0.2) is 60.9 Å². The number of ether oxygens (including phenoxy) is 2. The Morgan fingerprint density at radius 2 is 0.988 bits per heavy atom. The first kappa shape index (κ1) is 62.7. The van der Waals surface area contributed by atoms with Crippen molar-refractivity contribution in [3.63, 3.8) is 0 Å². The fraction of sp³-hybridized carbons (Fsp3) is 0.527. The van der Waals surface area contributed by atoms with Gasteiger partial charge in [0.15, 0.2) is 0 Å². The molecule has 24 nitrogen and oxygen atoms in total. The monoisotopic (exact) mass is 1160 g/mol. The third-order valence-electron chi connectivity index (χ3n) is 15.0. The number of carbonyl (C=O) groups excluding carboxylic acids is 10. The van der Waals surface area contributed by atoms with Crippen LogP contribution in [-0.4, -0.2) is 205 Å². The molecule has 2 aliphatic rings. The summed E-state index contributed by atoms with van der Waals surface area (Å²) >= 11 is 2.18. The van der Waals surface area contributed by atoms with Gasteiger partial charge in [0.25, 0.3) is 11.8 Å². The molecule has 0 radical (unpaired) electrons. The summed E-state index contributed by atoms with van der Waals surface area (Å²) < 4.78 is 10.8. The molecule has 4 aromatic rings. The number of carbonyl (C=O) groups is 10. The fourth-order valence-electron chi connectivity index (χ4n) is 9.30. The van der Waals surface area contributed by atoms with E-state index in [9.17, 15) is 38.4 Å². The number of esters is 2. The zero-order chi connectivity index (χ0) is 59.7. The molecule has 11 atom stereocenters. The van der Waals surface area contributed by atoms with E-state index in [0.717, 1.165) is 43.1 Å². The number of fused-ring (bicyclic) bond motifs is 6. The molecule has 2 saturated heterocycles. The van der Waals surface area contributed by atoms with Crippen LogP contribution in [0.2, 0.25) is 0 Å². The molecule has 4 N–H and O–H groups in total. The van der Waals surface area contributed by atoms with Crippen LogP contribution in [0.5, 0.6) is 0 Å². The smallest absolute Gasteiger partial charge is 0.329 e. The maximum atomic E-state index is 15.5. The van der Waals surface area contributed by atoms with Crippen molar-refractivity contribution in [2.75, 3.05) is 53.4 Å². The third-order valence-corrected chi connectivity index (χ3v) is 17.8. The van der Waals surface area contributed by atoms with E-state index in [1.165, 1.54) is 54.4 Å². The zero-order valence-corrected chi connectivity index (χ0v) is 49.3. The number of likely N-dealkylation sites (N-methyl/N-ethyl adjacent to an activating group) is 4. The number of benzene rings is 2. The highest BCUT2D eigenvalue weighted by Crippen LogP contribution is 2.33. The van der Waals surface area contributed by atoms with Gasteiger partial charge in [0, 0.05) is 33.9 Å². The van der Waals surface area contributed by atoms with Gasteiger partial charge in [-0.05, 0) is 68.0 Å². The van der Waals surface area contributed by atoms with Gasteiger partial charge in [-0.1, -0.05) is 65.8 Å². The van der Waals surface area contributed by atoms with Crippen molar-refractivity contribution in [3.05, 3.63) is 72.3 Å².